The fraction of sp³-hybridized carbons (Fsp3) is 0.467. The van der Waals surface area contributed by atoms with E-state index in [0.717, 1.165) is 12.8 Å². The van der Waals surface area contributed by atoms with Gasteiger partial charge in [-0.15, -0.1) is 0 Å². The maximum Gasteiger partial charge on any atom is 0.339 e. The summed E-state index contributed by atoms with van der Waals surface area (Å²) in [5.74, 6) is -0.212. The van der Waals surface area contributed by atoms with Crippen LogP contribution in [0.25, 0.3) is 0 Å². The quantitative estimate of drug-likeness (QED) is 0.893. The Morgan fingerprint density at radius 1 is 1.48 bits per heavy atom. The molecule has 3 rings (SSSR count). The third kappa shape index (κ3) is 2.53. The van der Waals surface area contributed by atoms with Gasteiger partial charge in [0.05, 0.1) is 12.2 Å². The molecule has 0 bridgehead atoms. The van der Waals surface area contributed by atoms with Crippen LogP contribution in [0.3, 0.4) is 0 Å². The smallest absolute Gasteiger partial charge is 0.339 e. The van der Waals surface area contributed by atoms with Crippen molar-refractivity contribution in [3.63, 3.8) is 0 Å². The van der Waals surface area contributed by atoms with Crippen molar-refractivity contribution in [1.82, 2.24) is 5.32 Å². The minimum Gasteiger partial charge on any atom is -0.489 e. The van der Waals surface area contributed by atoms with Crippen LogP contribution in [0.2, 0.25) is 0 Å². The summed E-state index contributed by atoms with van der Waals surface area (Å²) in [4.78, 5) is 25.2. The molecule has 2 atom stereocenters. The van der Waals surface area contributed by atoms with Crippen LogP contribution in [0.4, 0.5) is 10.5 Å². The first-order chi connectivity index (χ1) is 10.1. The molecule has 6 heteroatoms. The van der Waals surface area contributed by atoms with E-state index in [1.165, 1.54) is 6.07 Å². The number of urea groups is 1. The molecule has 0 radical (unpaired) electrons. The van der Waals surface area contributed by atoms with Crippen LogP contribution in [-0.4, -0.2) is 36.3 Å². The largest absolute Gasteiger partial charge is 0.489 e. The molecule has 2 amide bonds. The highest BCUT2D eigenvalue weighted by atomic mass is 16.5. The zero-order chi connectivity index (χ0) is 15.0. The molecule has 1 heterocycles. The number of hydrogen-bond donors (Lipinski definition) is 2. The number of hydrogen-bond acceptors (Lipinski definition) is 3. The van der Waals surface area contributed by atoms with Crippen molar-refractivity contribution < 1.29 is 19.4 Å². The number of ether oxygens (including phenoxy) is 1. The third-order valence-corrected chi connectivity index (χ3v) is 4.08. The Labute approximate surface area is 122 Å². The number of amides is 2. The first-order valence-electron chi connectivity index (χ1n) is 7.19. The van der Waals surface area contributed by atoms with E-state index in [-0.39, 0.29) is 23.4 Å². The SMILES string of the molecule is CCC1CC1NC(=O)N1CCOc2c(C(=O)O)cccc21. The van der Waals surface area contributed by atoms with Crippen molar-refractivity contribution in [3.05, 3.63) is 23.8 Å². The second-order valence-electron chi connectivity index (χ2n) is 5.42. The van der Waals surface area contributed by atoms with E-state index >= 15 is 0 Å². The van der Waals surface area contributed by atoms with Crippen molar-refractivity contribution >= 4 is 17.7 Å². The van der Waals surface area contributed by atoms with Crippen molar-refractivity contribution in [2.75, 3.05) is 18.1 Å². The van der Waals surface area contributed by atoms with Crippen LogP contribution in [0, 0.1) is 5.92 Å². The number of aromatic carboxylic acids is 1. The van der Waals surface area contributed by atoms with Gasteiger partial charge in [-0.2, -0.15) is 0 Å². The van der Waals surface area contributed by atoms with Gasteiger partial charge in [0.1, 0.15) is 12.2 Å². The minimum atomic E-state index is -1.05. The molecule has 2 unspecified atom stereocenters. The highest BCUT2D eigenvalue weighted by Gasteiger charge is 2.38. The summed E-state index contributed by atoms with van der Waals surface area (Å²) in [6, 6.07) is 4.89. The van der Waals surface area contributed by atoms with Gasteiger partial charge >= 0.3 is 12.0 Å². The molecular weight excluding hydrogens is 272 g/mol. The summed E-state index contributed by atoms with van der Waals surface area (Å²) in [7, 11) is 0. The molecular formula is C15H18N2O4. The minimum absolute atomic E-state index is 0.0860. The highest BCUT2D eigenvalue weighted by Crippen LogP contribution is 2.37. The van der Waals surface area contributed by atoms with E-state index < -0.39 is 5.97 Å². The van der Waals surface area contributed by atoms with E-state index in [9.17, 15) is 14.7 Å². The molecule has 1 aromatic carbocycles. The zero-order valence-electron chi connectivity index (χ0n) is 11.8. The Morgan fingerprint density at radius 3 is 2.95 bits per heavy atom. The lowest BCUT2D eigenvalue weighted by Crippen LogP contribution is -2.45. The monoisotopic (exact) mass is 290 g/mol. The number of nitrogens with zero attached hydrogens (tertiary/aromatic N) is 1. The molecule has 2 aliphatic rings. The van der Waals surface area contributed by atoms with Gasteiger partial charge in [-0.1, -0.05) is 19.4 Å². The Morgan fingerprint density at radius 2 is 2.29 bits per heavy atom. The van der Waals surface area contributed by atoms with Gasteiger partial charge in [0.15, 0.2) is 5.75 Å². The fourth-order valence-electron chi connectivity index (χ4n) is 2.74. The first-order valence-corrected chi connectivity index (χ1v) is 7.19. The number of carboxylic acid groups (broad SMARTS) is 1. The molecule has 1 aliphatic heterocycles. The van der Waals surface area contributed by atoms with E-state index in [2.05, 4.69) is 12.2 Å². The summed E-state index contributed by atoms with van der Waals surface area (Å²) in [5, 5.41) is 12.2. The van der Waals surface area contributed by atoms with Gasteiger partial charge in [-0.05, 0) is 24.5 Å². The third-order valence-electron chi connectivity index (χ3n) is 4.08. The lowest BCUT2D eigenvalue weighted by atomic mass is 10.1. The fourth-order valence-corrected chi connectivity index (χ4v) is 2.74. The Balaban J connectivity index is 1.82. The topological polar surface area (TPSA) is 78.9 Å². The molecule has 2 N–H and O–H groups in total. The number of carbonyl (C=O) groups excluding carboxylic acids is 1. The number of carboxylic acids is 1. The Bertz CT molecular complexity index is 587. The van der Waals surface area contributed by atoms with Crippen LogP contribution in [-0.2, 0) is 0 Å². The van der Waals surface area contributed by atoms with Gasteiger partial charge in [0.2, 0.25) is 0 Å². The summed E-state index contributed by atoms with van der Waals surface area (Å²) in [5.41, 5.74) is 0.607. The van der Waals surface area contributed by atoms with E-state index in [1.54, 1.807) is 17.0 Å². The summed E-state index contributed by atoms with van der Waals surface area (Å²) < 4.78 is 5.46. The van der Waals surface area contributed by atoms with Gasteiger partial charge in [0.25, 0.3) is 0 Å². The molecule has 0 saturated heterocycles. The van der Waals surface area contributed by atoms with Gasteiger partial charge in [-0.3, -0.25) is 4.90 Å². The number of carbonyl (C=O) groups is 2. The van der Waals surface area contributed by atoms with Crippen LogP contribution < -0.4 is 15.0 Å². The average Bonchev–Trinajstić information content (AvgIpc) is 3.23. The maximum absolute atomic E-state index is 12.4. The Hall–Kier alpha value is -2.24. The predicted molar refractivity (Wildman–Crippen MR) is 77.0 cm³/mol. The highest BCUT2D eigenvalue weighted by molar-refractivity contribution is 5.99. The number of rotatable bonds is 3. The summed E-state index contributed by atoms with van der Waals surface area (Å²) in [6.45, 7) is 2.83. The number of nitrogens with one attached hydrogen (secondary N) is 1. The number of anilines is 1. The number of para-hydroxylation sites is 1. The maximum atomic E-state index is 12.4. The van der Waals surface area contributed by atoms with E-state index in [1.807, 2.05) is 0 Å². The molecule has 112 valence electrons. The molecule has 1 saturated carbocycles. The predicted octanol–water partition coefficient (Wildman–Crippen LogP) is 2.09. The first kappa shape index (κ1) is 13.7. The molecule has 21 heavy (non-hydrogen) atoms. The van der Waals surface area contributed by atoms with Crippen molar-refractivity contribution in [3.8, 4) is 5.75 Å². The van der Waals surface area contributed by atoms with Gasteiger partial charge in [0, 0.05) is 6.04 Å². The summed E-state index contributed by atoms with van der Waals surface area (Å²) in [6.07, 6.45) is 2.09. The van der Waals surface area contributed by atoms with Crippen LogP contribution in [0.5, 0.6) is 5.75 Å². The number of fused-ring (bicyclic) bond motifs is 1. The normalized spacial score (nSPS) is 23.0. The standard InChI is InChI=1S/C15H18N2O4/c1-2-9-8-11(9)16-15(20)17-6-7-21-13-10(14(18)19)4-3-5-12(13)17/h3-5,9,11H,2,6-8H2,1H3,(H,16,20)(H,18,19). The lowest BCUT2D eigenvalue weighted by Gasteiger charge is -2.30. The second-order valence-corrected chi connectivity index (χ2v) is 5.42. The van der Waals surface area contributed by atoms with Crippen LogP contribution in [0.1, 0.15) is 30.1 Å². The van der Waals surface area contributed by atoms with Gasteiger partial charge in [-0.25, -0.2) is 9.59 Å². The lowest BCUT2D eigenvalue weighted by molar-refractivity contribution is 0.0692. The van der Waals surface area contributed by atoms with E-state index in [4.69, 9.17) is 4.74 Å². The molecule has 1 fully saturated rings. The van der Waals surface area contributed by atoms with Crippen molar-refractivity contribution in [2.45, 2.75) is 25.8 Å². The summed E-state index contributed by atoms with van der Waals surface area (Å²) >= 11 is 0. The molecule has 0 spiro atoms. The molecule has 6 nitrogen and oxygen atoms in total. The zero-order valence-corrected chi connectivity index (χ0v) is 11.8. The van der Waals surface area contributed by atoms with E-state index in [0.29, 0.717) is 24.8 Å². The number of benzene rings is 1. The molecule has 1 aromatic rings. The van der Waals surface area contributed by atoms with Gasteiger partial charge < -0.3 is 15.2 Å². The van der Waals surface area contributed by atoms with Crippen LogP contribution >= 0.6 is 0 Å². The average molecular weight is 290 g/mol. The van der Waals surface area contributed by atoms with Crippen LogP contribution in [0.15, 0.2) is 18.2 Å². The van der Waals surface area contributed by atoms with Crippen molar-refractivity contribution in [1.29, 1.82) is 0 Å². The molecule has 0 aromatic heterocycles. The second kappa shape index (κ2) is 5.27. The van der Waals surface area contributed by atoms with Crippen molar-refractivity contribution in [2.24, 2.45) is 5.92 Å². The Kier molecular flexibility index (Phi) is 3.45. The molecule has 1 aliphatic carbocycles.